The number of hydrogen-bond acceptors (Lipinski definition) is 3. The second-order valence-corrected chi connectivity index (χ2v) is 4.99. The van der Waals surface area contributed by atoms with Gasteiger partial charge >= 0.3 is 0 Å². The standard InChI is InChI=1S/C15H24N2O/c1-3-18-14(10-16)11-17-8-4-5-13-9-12(2)6-7-15(13)17/h6-7,9,14H,3-5,8,10-11,16H2,1-2H3. The Morgan fingerprint density at radius 1 is 1.44 bits per heavy atom. The molecule has 1 heterocycles. The number of nitrogens with two attached hydrogens (primary N) is 1. The van der Waals surface area contributed by atoms with Crippen LogP contribution in [0.5, 0.6) is 0 Å². The van der Waals surface area contributed by atoms with Crippen LogP contribution in [0.4, 0.5) is 5.69 Å². The van der Waals surface area contributed by atoms with Crippen molar-refractivity contribution in [2.24, 2.45) is 5.73 Å². The molecule has 0 saturated heterocycles. The van der Waals surface area contributed by atoms with Gasteiger partial charge in [0.25, 0.3) is 0 Å². The maximum Gasteiger partial charge on any atom is 0.0871 e. The second kappa shape index (κ2) is 6.21. The summed E-state index contributed by atoms with van der Waals surface area (Å²) in [5.41, 5.74) is 9.94. The molecule has 3 nitrogen and oxygen atoms in total. The first-order valence-corrected chi connectivity index (χ1v) is 6.90. The molecule has 1 unspecified atom stereocenters. The molecule has 0 aromatic heterocycles. The van der Waals surface area contributed by atoms with Crippen LogP contribution in [-0.2, 0) is 11.2 Å². The zero-order chi connectivity index (χ0) is 13.0. The number of benzene rings is 1. The summed E-state index contributed by atoms with van der Waals surface area (Å²) in [4.78, 5) is 2.42. The van der Waals surface area contributed by atoms with Crippen LogP contribution in [0.25, 0.3) is 0 Å². The van der Waals surface area contributed by atoms with Gasteiger partial charge in [-0.1, -0.05) is 17.7 Å². The van der Waals surface area contributed by atoms with E-state index in [0.717, 1.165) is 19.7 Å². The Balaban J connectivity index is 2.12. The van der Waals surface area contributed by atoms with Crippen LogP contribution in [0, 0.1) is 6.92 Å². The van der Waals surface area contributed by atoms with Gasteiger partial charge in [-0.3, -0.25) is 0 Å². The van der Waals surface area contributed by atoms with Crippen molar-refractivity contribution in [3.05, 3.63) is 29.3 Å². The van der Waals surface area contributed by atoms with Crippen LogP contribution in [0.2, 0.25) is 0 Å². The van der Waals surface area contributed by atoms with E-state index in [9.17, 15) is 0 Å². The summed E-state index contributed by atoms with van der Waals surface area (Å²) < 4.78 is 5.67. The fourth-order valence-electron chi connectivity index (χ4n) is 2.67. The van der Waals surface area contributed by atoms with Crippen LogP contribution in [-0.4, -0.2) is 32.3 Å². The Hall–Kier alpha value is -1.06. The highest BCUT2D eigenvalue weighted by Crippen LogP contribution is 2.28. The molecular weight excluding hydrogens is 224 g/mol. The van der Waals surface area contributed by atoms with E-state index in [2.05, 4.69) is 30.0 Å². The van der Waals surface area contributed by atoms with Gasteiger partial charge in [-0.15, -0.1) is 0 Å². The number of fused-ring (bicyclic) bond motifs is 1. The van der Waals surface area contributed by atoms with Crippen LogP contribution < -0.4 is 10.6 Å². The number of hydrogen-bond donors (Lipinski definition) is 1. The van der Waals surface area contributed by atoms with E-state index in [-0.39, 0.29) is 6.10 Å². The number of anilines is 1. The molecule has 0 radical (unpaired) electrons. The molecule has 0 bridgehead atoms. The van der Waals surface area contributed by atoms with Crippen molar-refractivity contribution in [2.45, 2.75) is 32.8 Å². The third-order valence-corrected chi connectivity index (χ3v) is 3.54. The minimum atomic E-state index is 0.141. The molecule has 18 heavy (non-hydrogen) atoms. The molecule has 0 aliphatic carbocycles. The average Bonchev–Trinajstić information content (AvgIpc) is 2.38. The van der Waals surface area contributed by atoms with Gasteiger partial charge in [-0.05, 0) is 38.3 Å². The lowest BCUT2D eigenvalue weighted by atomic mass is 9.99. The van der Waals surface area contributed by atoms with E-state index < -0.39 is 0 Å². The fraction of sp³-hybridized carbons (Fsp3) is 0.600. The van der Waals surface area contributed by atoms with Crippen LogP contribution >= 0.6 is 0 Å². The molecule has 1 aliphatic rings. The molecule has 100 valence electrons. The van der Waals surface area contributed by atoms with Crippen molar-refractivity contribution >= 4 is 5.69 Å². The van der Waals surface area contributed by atoms with E-state index in [0.29, 0.717) is 6.54 Å². The van der Waals surface area contributed by atoms with E-state index in [1.54, 1.807) is 0 Å². The molecule has 1 atom stereocenters. The van der Waals surface area contributed by atoms with Gasteiger partial charge in [0.2, 0.25) is 0 Å². The van der Waals surface area contributed by atoms with Gasteiger partial charge in [0, 0.05) is 31.9 Å². The lowest BCUT2D eigenvalue weighted by Gasteiger charge is -2.34. The summed E-state index contributed by atoms with van der Waals surface area (Å²) in [6.45, 7) is 7.51. The van der Waals surface area contributed by atoms with Crippen molar-refractivity contribution in [3.63, 3.8) is 0 Å². The lowest BCUT2D eigenvalue weighted by Crippen LogP contribution is -2.40. The molecule has 1 aromatic carbocycles. The predicted molar refractivity (Wildman–Crippen MR) is 76.2 cm³/mol. The number of ether oxygens (including phenoxy) is 1. The number of nitrogens with zero attached hydrogens (tertiary/aromatic N) is 1. The topological polar surface area (TPSA) is 38.5 Å². The second-order valence-electron chi connectivity index (χ2n) is 4.99. The highest BCUT2D eigenvalue weighted by Gasteiger charge is 2.19. The summed E-state index contributed by atoms with van der Waals surface area (Å²) in [6, 6.07) is 6.73. The molecule has 2 N–H and O–H groups in total. The third-order valence-electron chi connectivity index (χ3n) is 3.54. The molecular formula is C15H24N2O. The monoisotopic (exact) mass is 248 g/mol. The molecule has 3 heteroatoms. The zero-order valence-electron chi connectivity index (χ0n) is 11.5. The SMILES string of the molecule is CCOC(CN)CN1CCCc2cc(C)ccc21. The maximum atomic E-state index is 5.77. The van der Waals surface area contributed by atoms with Gasteiger partial charge < -0.3 is 15.4 Å². The minimum Gasteiger partial charge on any atom is -0.375 e. The number of rotatable bonds is 5. The minimum absolute atomic E-state index is 0.141. The van der Waals surface area contributed by atoms with E-state index in [4.69, 9.17) is 10.5 Å². The number of aryl methyl sites for hydroxylation is 2. The summed E-state index contributed by atoms with van der Waals surface area (Å²) in [5.74, 6) is 0. The van der Waals surface area contributed by atoms with Gasteiger partial charge in [0.15, 0.2) is 0 Å². The molecule has 1 aromatic rings. The summed E-state index contributed by atoms with van der Waals surface area (Å²) in [6.07, 6.45) is 2.55. The Labute approximate surface area is 110 Å². The lowest BCUT2D eigenvalue weighted by molar-refractivity contribution is 0.0735. The fourth-order valence-corrected chi connectivity index (χ4v) is 2.67. The van der Waals surface area contributed by atoms with E-state index in [1.165, 1.54) is 29.7 Å². The molecule has 2 rings (SSSR count). The van der Waals surface area contributed by atoms with Crippen molar-refractivity contribution in [2.75, 3.05) is 31.1 Å². The molecule has 0 fully saturated rings. The smallest absolute Gasteiger partial charge is 0.0871 e. The van der Waals surface area contributed by atoms with Gasteiger partial charge in [-0.25, -0.2) is 0 Å². The van der Waals surface area contributed by atoms with Crippen molar-refractivity contribution < 1.29 is 4.74 Å². The van der Waals surface area contributed by atoms with Crippen LogP contribution in [0.3, 0.4) is 0 Å². The first-order valence-electron chi connectivity index (χ1n) is 6.90. The average molecular weight is 248 g/mol. The summed E-state index contributed by atoms with van der Waals surface area (Å²) in [5, 5.41) is 0. The van der Waals surface area contributed by atoms with E-state index in [1.807, 2.05) is 6.92 Å². The third kappa shape index (κ3) is 3.03. The first-order chi connectivity index (χ1) is 8.74. The normalized spacial score (nSPS) is 16.5. The summed E-state index contributed by atoms with van der Waals surface area (Å²) in [7, 11) is 0. The van der Waals surface area contributed by atoms with Gasteiger partial charge in [-0.2, -0.15) is 0 Å². The van der Waals surface area contributed by atoms with Crippen molar-refractivity contribution in [1.82, 2.24) is 0 Å². The highest BCUT2D eigenvalue weighted by molar-refractivity contribution is 5.56. The van der Waals surface area contributed by atoms with Gasteiger partial charge in [0.05, 0.1) is 6.10 Å². The largest absolute Gasteiger partial charge is 0.375 e. The molecule has 0 saturated carbocycles. The summed E-state index contributed by atoms with van der Waals surface area (Å²) >= 11 is 0. The molecule has 1 aliphatic heterocycles. The van der Waals surface area contributed by atoms with E-state index >= 15 is 0 Å². The quantitative estimate of drug-likeness (QED) is 0.867. The Kier molecular flexibility index (Phi) is 4.61. The predicted octanol–water partition coefficient (Wildman–Crippen LogP) is 2.11. The maximum absolute atomic E-state index is 5.77. The first kappa shape index (κ1) is 13.4. The van der Waals surface area contributed by atoms with Crippen LogP contribution in [0.1, 0.15) is 24.5 Å². The van der Waals surface area contributed by atoms with Crippen molar-refractivity contribution in [3.8, 4) is 0 Å². The Morgan fingerprint density at radius 3 is 3.00 bits per heavy atom. The molecule has 0 spiro atoms. The highest BCUT2D eigenvalue weighted by atomic mass is 16.5. The van der Waals surface area contributed by atoms with Gasteiger partial charge in [0.1, 0.15) is 0 Å². The van der Waals surface area contributed by atoms with Crippen LogP contribution in [0.15, 0.2) is 18.2 Å². The Morgan fingerprint density at radius 2 is 2.28 bits per heavy atom. The zero-order valence-corrected chi connectivity index (χ0v) is 11.5. The Bertz CT molecular complexity index is 392. The van der Waals surface area contributed by atoms with Crippen molar-refractivity contribution in [1.29, 1.82) is 0 Å². The molecule has 0 amide bonds.